The Bertz CT molecular complexity index is 2120. The molecule has 0 spiro atoms. The summed E-state index contributed by atoms with van der Waals surface area (Å²) in [5.74, 6) is -2.36. The Balaban J connectivity index is 1.20. The molecule has 59 heavy (non-hydrogen) atoms. The third kappa shape index (κ3) is 8.97. The van der Waals surface area contributed by atoms with Crippen LogP contribution in [0.25, 0.3) is 11.0 Å². The number of aromatic nitrogens is 2. The zero-order valence-electron chi connectivity index (χ0n) is 34.1. The molecule has 1 saturated heterocycles. The van der Waals surface area contributed by atoms with Gasteiger partial charge in [0.1, 0.15) is 41.2 Å². The summed E-state index contributed by atoms with van der Waals surface area (Å²) < 4.78 is 44.3. The van der Waals surface area contributed by atoms with E-state index in [1.165, 1.54) is 12.0 Å². The molecule has 0 unspecified atom stereocenters. The first kappa shape index (κ1) is 42.1. The predicted octanol–water partition coefficient (Wildman–Crippen LogP) is 3.09. The first-order valence-electron chi connectivity index (χ1n) is 20.7. The third-order valence-electron chi connectivity index (χ3n) is 12.7. The van der Waals surface area contributed by atoms with Crippen molar-refractivity contribution >= 4 is 50.8 Å². The largest absolute Gasteiger partial charge is 0.497 e. The van der Waals surface area contributed by atoms with Gasteiger partial charge in [0.2, 0.25) is 33.6 Å². The van der Waals surface area contributed by atoms with Crippen molar-refractivity contribution in [3.05, 3.63) is 36.0 Å². The van der Waals surface area contributed by atoms with Crippen molar-refractivity contribution in [2.45, 2.75) is 132 Å². The number of ether oxygens (including phenoxy) is 3. The highest BCUT2D eigenvalue weighted by molar-refractivity contribution is 7.91. The van der Waals surface area contributed by atoms with Crippen molar-refractivity contribution in [3.8, 4) is 11.6 Å². The summed E-state index contributed by atoms with van der Waals surface area (Å²) >= 11 is 0. The van der Waals surface area contributed by atoms with Crippen LogP contribution in [0.5, 0.6) is 11.6 Å². The average Bonchev–Trinajstić information content (AvgIpc) is 3.96. The number of carbonyl (C=O) groups is 5. The lowest BCUT2D eigenvalue weighted by molar-refractivity contribution is -0.142. The van der Waals surface area contributed by atoms with Gasteiger partial charge in [-0.15, -0.1) is 0 Å². The number of hydrogen-bond donors (Lipinski definition) is 4. The molecule has 5 amide bonds. The van der Waals surface area contributed by atoms with E-state index in [2.05, 4.69) is 30.6 Å². The molecule has 17 nitrogen and oxygen atoms in total. The molecular weight excluding hydrogens is 783 g/mol. The predicted molar refractivity (Wildman–Crippen MR) is 214 cm³/mol. The number of amides is 5. The van der Waals surface area contributed by atoms with Crippen LogP contribution < -0.4 is 30.1 Å². The Kier molecular flexibility index (Phi) is 12.1. The van der Waals surface area contributed by atoms with Gasteiger partial charge in [0.25, 0.3) is 5.91 Å². The molecule has 5 aliphatic rings. The van der Waals surface area contributed by atoms with E-state index in [1.807, 2.05) is 12.2 Å². The lowest BCUT2D eigenvalue weighted by Crippen LogP contribution is -2.60. The standard InChI is InChI=1S/C41H55N7O10S/c1-24-36(44-31-20-27(56-3)16-17-29(31)42-24)58-28-21-32-34(49)46-41(38(52)47-59(54,55)40(2)18-19-40)22-26(41)14-8-6-5-7-9-15-30(37(51)48(32)23-28)43-35(50)33(45-39(53)57-4)25-12-10-11-13-25/h8,14,16-17,20,25-26,28,30,32-33H,5-7,9-13,15,18-19,21-23H2,1-4H3,(H,43,50)(H,45,53)(H,46,49)(H,47,52)/b14-8-/t26-,28-,30+,32+,33+,41-/m1/s1. The van der Waals surface area contributed by atoms with E-state index in [0.717, 1.165) is 38.5 Å². The third-order valence-corrected chi connectivity index (χ3v) is 14.8. The van der Waals surface area contributed by atoms with Gasteiger partial charge in [0.05, 0.1) is 36.5 Å². The average molecular weight is 838 g/mol. The first-order chi connectivity index (χ1) is 28.2. The highest BCUT2D eigenvalue weighted by Gasteiger charge is 2.63. The smallest absolute Gasteiger partial charge is 0.407 e. The van der Waals surface area contributed by atoms with Gasteiger partial charge in [-0.05, 0) is 83.3 Å². The van der Waals surface area contributed by atoms with Gasteiger partial charge in [-0.25, -0.2) is 23.2 Å². The second-order valence-corrected chi connectivity index (χ2v) is 19.1. The Hall–Kier alpha value is -5.00. The number of fused-ring (bicyclic) bond motifs is 3. The maximum Gasteiger partial charge on any atom is 0.407 e. The van der Waals surface area contributed by atoms with Crippen LogP contribution in [-0.2, 0) is 33.9 Å². The van der Waals surface area contributed by atoms with Crippen LogP contribution in [-0.4, -0.2) is 108 Å². The van der Waals surface area contributed by atoms with Crippen molar-refractivity contribution in [3.63, 3.8) is 0 Å². The minimum Gasteiger partial charge on any atom is -0.497 e. The normalized spacial score (nSPS) is 28.1. The van der Waals surface area contributed by atoms with Gasteiger partial charge in [-0.2, -0.15) is 0 Å². The van der Waals surface area contributed by atoms with E-state index in [0.29, 0.717) is 48.2 Å². The number of allylic oxidation sites excluding steroid dienone is 1. The number of rotatable bonds is 10. The van der Waals surface area contributed by atoms with Crippen LogP contribution >= 0.6 is 0 Å². The number of methoxy groups -OCH3 is 2. The maximum atomic E-state index is 14.8. The fourth-order valence-corrected chi connectivity index (χ4v) is 9.90. The van der Waals surface area contributed by atoms with Crippen LogP contribution in [0.4, 0.5) is 4.79 Å². The number of nitrogens with one attached hydrogen (secondary N) is 4. The molecule has 3 heterocycles. The van der Waals surface area contributed by atoms with E-state index in [-0.39, 0.29) is 37.6 Å². The van der Waals surface area contributed by atoms with Crippen molar-refractivity contribution in [2.24, 2.45) is 11.8 Å². The van der Waals surface area contributed by atoms with Crippen molar-refractivity contribution in [1.29, 1.82) is 0 Å². The summed E-state index contributed by atoms with van der Waals surface area (Å²) in [5.41, 5.74) is 0.0659. The molecule has 320 valence electrons. The minimum absolute atomic E-state index is 0.00131. The molecule has 3 saturated carbocycles. The van der Waals surface area contributed by atoms with Gasteiger partial charge >= 0.3 is 6.09 Å². The summed E-state index contributed by atoms with van der Waals surface area (Å²) in [4.78, 5) is 80.5. The molecule has 4 fully saturated rings. The lowest BCUT2D eigenvalue weighted by atomic mass is 9.96. The number of aryl methyl sites for hydroxylation is 1. The number of hydrogen-bond acceptors (Lipinski definition) is 12. The number of benzene rings is 1. The summed E-state index contributed by atoms with van der Waals surface area (Å²) in [5, 5.41) is 8.50. The Morgan fingerprint density at radius 2 is 1.75 bits per heavy atom. The zero-order chi connectivity index (χ0) is 42.1. The number of carbonyl (C=O) groups excluding carboxylic acids is 5. The Morgan fingerprint density at radius 3 is 2.46 bits per heavy atom. The molecule has 2 aliphatic heterocycles. The molecule has 3 aliphatic carbocycles. The molecule has 7 rings (SSSR count). The van der Waals surface area contributed by atoms with Gasteiger partial charge in [-0.1, -0.05) is 37.8 Å². The maximum absolute atomic E-state index is 14.8. The lowest BCUT2D eigenvalue weighted by Gasteiger charge is -2.31. The summed E-state index contributed by atoms with van der Waals surface area (Å²) in [6.07, 6.45) is 9.53. The number of sulfonamides is 1. The SMILES string of the molecule is COC(=O)N[C@H](C(=O)N[C@H]1CCCCC/C=C\[C@@H]2C[C@@]2(C(=O)NS(=O)(=O)C2(C)CC2)NC(=O)[C@@H]2C[C@@H](Oc3nc4cc(OC)ccc4nc3C)CN2C1=O)C1CCCC1. The molecule has 0 bridgehead atoms. The monoisotopic (exact) mass is 837 g/mol. The van der Waals surface area contributed by atoms with Gasteiger partial charge in [0.15, 0.2) is 0 Å². The molecular formula is C41H55N7O10S. The van der Waals surface area contributed by atoms with Crippen LogP contribution in [0, 0.1) is 18.8 Å². The summed E-state index contributed by atoms with van der Waals surface area (Å²) in [7, 11) is -1.25. The van der Waals surface area contributed by atoms with Crippen LogP contribution in [0.2, 0.25) is 0 Å². The fourth-order valence-electron chi connectivity index (χ4n) is 8.58. The van der Waals surface area contributed by atoms with Crippen LogP contribution in [0.15, 0.2) is 30.4 Å². The topological polar surface area (TPSA) is 224 Å². The molecule has 0 radical (unpaired) electrons. The van der Waals surface area contributed by atoms with E-state index < -0.39 is 80.2 Å². The van der Waals surface area contributed by atoms with E-state index in [1.54, 1.807) is 39.2 Å². The van der Waals surface area contributed by atoms with Gasteiger partial charge in [-0.3, -0.25) is 23.9 Å². The second kappa shape index (κ2) is 16.9. The van der Waals surface area contributed by atoms with Crippen LogP contribution in [0.3, 0.4) is 0 Å². The number of nitrogens with zero attached hydrogens (tertiary/aromatic N) is 3. The van der Waals surface area contributed by atoms with E-state index in [4.69, 9.17) is 14.2 Å². The fraction of sp³-hybridized carbons (Fsp3) is 0.634. The van der Waals surface area contributed by atoms with E-state index in [9.17, 15) is 32.4 Å². The van der Waals surface area contributed by atoms with Crippen molar-refractivity contribution in [2.75, 3.05) is 20.8 Å². The molecule has 1 aromatic carbocycles. The number of alkyl carbamates (subject to hydrolysis) is 1. The Morgan fingerprint density at radius 1 is 1.00 bits per heavy atom. The Labute approximate surface area is 344 Å². The molecule has 1 aromatic heterocycles. The minimum atomic E-state index is -4.02. The van der Waals surface area contributed by atoms with Crippen LogP contribution in [0.1, 0.15) is 96.1 Å². The quantitative estimate of drug-likeness (QED) is 0.254. The highest BCUT2D eigenvalue weighted by atomic mass is 32.2. The van der Waals surface area contributed by atoms with Gasteiger partial charge < -0.3 is 35.1 Å². The highest BCUT2D eigenvalue weighted by Crippen LogP contribution is 2.47. The zero-order valence-corrected chi connectivity index (χ0v) is 34.9. The van der Waals surface area contributed by atoms with Crippen molar-refractivity contribution < 1.29 is 46.6 Å². The first-order valence-corrected chi connectivity index (χ1v) is 22.1. The summed E-state index contributed by atoms with van der Waals surface area (Å²) in [6.45, 7) is 3.25. The second-order valence-electron chi connectivity index (χ2n) is 16.9. The molecule has 2 aromatic rings. The van der Waals surface area contributed by atoms with E-state index >= 15 is 0 Å². The van der Waals surface area contributed by atoms with Crippen molar-refractivity contribution in [1.82, 2.24) is 35.5 Å². The molecule has 4 N–H and O–H groups in total. The molecule has 18 heteroatoms. The summed E-state index contributed by atoms with van der Waals surface area (Å²) in [6, 6.07) is 2.11. The molecule has 6 atom stereocenters. The van der Waals surface area contributed by atoms with Gasteiger partial charge in [0, 0.05) is 18.4 Å².